The molecule has 1 fully saturated rings. The largest absolute Gasteiger partial charge is 1.00 e. The van der Waals surface area contributed by atoms with Gasteiger partial charge in [-0.05, 0) is 68.3 Å². The first-order chi connectivity index (χ1) is 13.5. The van der Waals surface area contributed by atoms with Crippen molar-refractivity contribution in [2.75, 3.05) is 39.2 Å². The van der Waals surface area contributed by atoms with Crippen LogP contribution >= 0.6 is 23.6 Å². The maximum absolute atomic E-state index is 7.91. The molecule has 1 aromatic carbocycles. The van der Waals surface area contributed by atoms with E-state index in [1.165, 1.54) is 44.2 Å². The smallest absolute Gasteiger partial charge is 1.00 e. The minimum atomic E-state index is 0. The molecule has 1 aliphatic rings. The van der Waals surface area contributed by atoms with Crippen molar-refractivity contribution >= 4 is 23.6 Å². The molecule has 2 unspecified atom stereocenters. The summed E-state index contributed by atoms with van der Waals surface area (Å²) >= 11 is 7.00. The van der Waals surface area contributed by atoms with Gasteiger partial charge in [-0.2, -0.15) is 0 Å². The fourth-order valence-corrected chi connectivity index (χ4v) is 3.12. The van der Waals surface area contributed by atoms with Gasteiger partial charge in [-0.3, -0.25) is 0 Å². The summed E-state index contributed by atoms with van der Waals surface area (Å²) in [5.41, 5.74) is 1.27. The average Bonchev–Trinajstić information content (AvgIpc) is 2.67. The molecule has 9 heteroatoms. The van der Waals surface area contributed by atoms with Crippen LogP contribution in [0.4, 0.5) is 0 Å². The van der Waals surface area contributed by atoms with Gasteiger partial charge in [-0.1, -0.05) is 64.9 Å². The van der Waals surface area contributed by atoms with Gasteiger partial charge in [0.15, 0.2) is 0 Å². The molecular weight excluding hydrogens is 461 g/mol. The predicted molar refractivity (Wildman–Crippen MR) is 137 cm³/mol. The Morgan fingerprint density at radius 1 is 1.03 bits per heavy atom. The normalized spacial score (nSPS) is 16.2. The molecule has 1 saturated heterocycles. The van der Waals surface area contributed by atoms with Crippen LogP contribution < -0.4 is 34.9 Å². The third-order valence-electron chi connectivity index (χ3n) is 3.86. The molecule has 0 aliphatic carbocycles. The fourth-order valence-electron chi connectivity index (χ4n) is 2.57. The molecule has 0 amide bonds. The molecule has 0 bridgehead atoms. The van der Waals surface area contributed by atoms with E-state index >= 15 is 0 Å². The first-order valence-electron chi connectivity index (χ1n) is 9.69. The van der Waals surface area contributed by atoms with Crippen molar-refractivity contribution in [3.8, 4) is 0 Å². The monoisotopic (exact) mass is 509 g/mol. The summed E-state index contributed by atoms with van der Waals surface area (Å²) in [6.07, 6.45) is 3.92. The van der Waals surface area contributed by atoms with Crippen LogP contribution in [0, 0.1) is 11.8 Å². The van der Waals surface area contributed by atoms with Crippen LogP contribution in [0.1, 0.15) is 62.4 Å². The molecule has 0 radical (unpaired) electrons. The average molecular weight is 510 g/mol. The molecule has 1 heterocycles. The Hall–Kier alpha value is 0.620. The molecule has 32 heavy (non-hydrogen) atoms. The zero-order chi connectivity index (χ0) is 21.0. The van der Waals surface area contributed by atoms with E-state index in [9.17, 15) is 0 Å². The van der Waals surface area contributed by atoms with Crippen molar-refractivity contribution in [3.05, 3.63) is 34.9 Å². The minimum absolute atomic E-state index is 0. The van der Waals surface area contributed by atoms with Crippen molar-refractivity contribution in [2.24, 2.45) is 11.8 Å². The number of rotatable bonds is 9. The van der Waals surface area contributed by atoms with Gasteiger partial charge in [0, 0.05) is 36.0 Å². The first-order valence-corrected chi connectivity index (χ1v) is 11.0. The molecule has 190 valence electrons. The summed E-state index contributed by atoms with van der Waals surface area (Å²) in [6.45, 7) is 7.26. The Morgan fingerprint density at radius 2 is 1.56 bits per heavy atom. The van der Waals surface area contributed by atoms with Crippen molar-refractivity contribution in [1.29, 1.82) is 0 Å². The number of hydrogen-bond acceptors (Lipinski definition) is 7. The van der Waals surface area contributed by atoms with Crippen LogP contribution in [-0.2, 0) is 20.7 Å². The van der Waals surface area contributed by atoms with Crippen LogP contribution in [0.2, 0.25) is 5.02 Å². The van der Waals surface area contributed by atoms with Crippen LogP contribution in [0.5, 0.6) is 0 Å². The number of aliphatic hydroxyl groups is 2. The molecule has 1 aromatic rings. The van der Waals surface area contributed by atoms with E-state index in [-0.39, 0.29) is 66.5 Å². The Balaban J connectivity index is -0.0000000875. The molecule has 0 aromatic heterocycles. The van der Waals surface area contributed by atoms with Gasteiger partial charge in [0.2, 0.25) is 0 Å². The Bertz CT molecular complexity index is 457. The molecule has 2 atom stereocenters. The maximum Gasteiger partial charge on any atom is 1.00 e. The summed E-state index contributed by atoms with van der Waals surface area (Å²) in [5, 5.41) is 24.2. The number of halogens is 1. The second-order valence-electron chi connectivity index (χ2n) is 6.76. The molecule has 0 spiro atoms. The summed E-state index contributed by atoms with van der Waals surface area (Å²) in [7, 11) is 1.40. The first kappa shape index (κ1) is 42.8. The van der Waals surface area contributed by atoms with Crippen LogP contribution in [0.3, 0.4) is 0 Å². The quantitative estimate of drug-likeness (QED) is 0.155. The van der Waals surface area contributed by atoms with Gasteiger partial charge >= 0.3 is 29.6 Å². The Labute approximate surface area is 231 Å². The van der Waals surface area contributed by atoms with Crippen LogP contribution in [-0.4, -0.2) is 49.4 Å². The summed E-state index contributed by atoms with van der Waals surface area (Å²) in [4.78, 5) is 4.26. The standard InChI is InChI=1S/C10H13ClO3S.C7H15N.C3H8O2.3CH4.Na.H/c1-12-13-14-15-8-2-3-9-4-6-10(11)7-5-9;1-6-3-7(2)5-8-4-6;4-2-1-3-5;;;;;/h4-7H,2-3,8H2,1H3;6-8H,3-5H2,1-2H3;4-5H,1-3H2;3*1H4;;/q;;;;;;+1;-1. The van der Waals surface area contributed by atoms with Crippen molar-refractivity contribution in [2.45, 2.75) is 61.8 Å². The van der Waals surface area contributed by atoms with E-state index in [1.807, 2.05) is 24.3 Å². The van der Waals surface area contributed by atoms with Crippen molar-refractivity contribution < 1.29 is 55.5 Å². The summed E-state index contributed by atoms with van der Waals surface area (Å²) < 4.78 is 4.61. The number of hydrogen-bond donors (Lipinski definition) is 3. The van der Waals surface area contributed by atoms with Gasteiger partial charge in [-0.15, -0.1) is 4.33 Å². The number of piperidine rings is 1. The zero-order valence-electron chi connectivity index (χ0n) is 19.2. The minimum Gasteiger partial charge on any atom is -1.00 e. The fraction of sp³-hybridized carbons (Fsp3) is 0.739. The van der Waals surface area contributed by atoms with Gasteiger partial charge in [-0.25, -0.2) is 4.89 Å². The molecule has 3 N–H and O–H groups in total. The molecule has 2 rings (SSSR count). The zero-order valence-corrected chi connectivity index (χ0v) is 21.8. The number of benzene rings is 1. The third kappa shape index (κ3) is 28.7. The van der Waals surface area contributed by atoms with Gasteiger partial charge in [0.1, 0.15) is 0 Å². The van der Waals surface area contributed by atoms with E-state index in [1.54, 1.807) is 0 Å². The van der Waals surface area contributed by atoms with Crippen LogP contribution in [0.15, 0.2) is 24.3 Å². The SMILES string of the molecule is C.C.C.CC1CNCC(C)C1.COOOSCCCc1ccc(Cl)cc1.OCCCO.[H-].[Na+]. The topological polar surface area (TPSA) is 80.2 Å². The molecule has 0 saturated carbocycles. The van der Waals surface area contributed by atoms with Gasteiger partial charge in [0.05, 0.1) is 7.11 Å². The van der Waals surface area contributed by atoms with Crippen molar-refractivity contribution in [1.82, 2.24) is 5.32 Å². The number of nitrogens with one attached hydrogen (secondary N) is 1. The van der Waals surface area contributed by atoms with E-state index in [2.05, 4.69) is 33.4 Å². The Morgan fingerprint density at radius 3 is 1.94 bits per heavy atom. The van der Waals surface area contributed by atoms with E-state index in [0.717, 1.165) is 35.5 Å². The summed E-state index contributed by atoms with van der Waals surface area (Å²) in [6, 6.07) is 7.85. The predicted octanol–water partition coefficient (Wildman–Crippen LogP) is 3.07. The number of aryl methyl sites for hydroxylation is 1. The number of aliphatic hydroxyl groups excluding tert-OH is 2. The molecule has 1 aliphatic heterocycles. The van der Waals surface area contributed by atoms with E-state index in [0.29, 0.717) is 6.42 Å². The van der Waals surface area contributed by atoms with Crippen molar-refractivity contribution in [3.63, 3.8) is 0 Å². The van der Waals surface area contributed by atoms with Gasteiger partial charge in [0.25, 0.3) is 0 Å². The van der Waals surface area contributed by atoms with E-state index < -0.39 is 0 Å². The maximum atomic E-state index is 7.91. The third-order valence-corrected chi connectivity index (χ3v) is 4.72. The molecular formula is C23H49ClNNaO5S. The van der Waals surface area contributed by atoms with Crippen LogP contribution in [0.25, 0.3) is 0 Å². The second kappa shape index (κ2) is 31.6. The van der Waals surface area contributed by atoms with Gasteiger partial charge < -0.3 is 17.0 Å². The summed E-state index contributed by atoms with van der Waals surface area (Å²) in [5.74, 6) is 2.66. The molecule has 6 nitrogen and oxygen atoms in total. The Kier molecular flexibility index (Phi) is 42.2. The second-order valence-corrected chi connectivity index (χ2v) is 7.98. The van der Waals surface area contributed by atoms with E-state index in [4.69, 9.17) is 21.8 Å².